The SMILES string of the molecule is COc1ccnc(C(=O)NC2CCCC(Cc3ccc(C)cc3)C(Oc3ccccc3)C(C)OC2=O)c1OC(C)=O. The number of esters is 2. The van der Waals surface area contributed by atoms with Crippen molar-refractivity contribution in [2.45, 2.75) is 64.7 Å². The standard InChI is InChI=1S/C32H36N2O7/c1-20-13-15-23(16-14-20)19-24-9-8-12-26(32(37)39-21(2)29(24)41-25-10-6-5-7-11-25)34-31(36)28-30(40-22(3)35)27(38-4)17-18-33-28/h5-7,10-11,13-18,21,24,26,29H,8-9,12,19H2,1-4H3,(H,34,36). The van der Waals surface area contributed by atoms with Crippen LogP contribution in [0.2, 0.25) is 0 Å². The summed E-state index contributed by atoms with van der Waals surface area (Å²) in [6.45, 7) is 5.09. The van der Waals surface area contributed by atoms with E-state index in [-0.39, 0.29) is 23.1 Å². The monoisotopic (exact) mass is 560 g/mol. The Hall–Kier alpha value is -4.40. The summed E-state index contributed by atoms with van der Waals surface area (Å²) in [5.41, 5.74) is 2.19. The van der Waals surface area contributed by atoms with Crippen LogP contribution in [0.3, 0.4) is 0 Å². The van der Waals surface area contributed by atoms with Crippen LogP contribution in [0.4, 0.5) is 0 Å². The number of nitrogens with zero attached hydrogens (tertiary/aromatic N) is 1. The van der Waals surface area contributed by atoms with Crippen molar-refractivity contribution >= 4 is 17.8 Å². The summed E-state index contributed by atoms with van der Waals surface area (Å²) in [5.74, 6) is -1.08. The third-order valence-corrected chi connectivity index (χ3v) is 7.07. The van der Waals surface area contributed by atoms with Crippen molar-refractivity contribution in [2.24, 2.45) is 5.92 Å². The quantitative estimate of drug-likeness (QED) is 0.389. The summed E-state index contributed by atoms with van der Waals surface area (Å²) < 4.78 is 22.8. The Labute approximate surface area is 240 Å². The second kappa shape index (κ2) is 13.8. The molecule has 1 N–H and O–H groups in total. The molecule has 2 aromatic carbocycles. The van der Waals surface area contributed by atoms with Gasteiger partial charge in [-0.15, -0.1) is 0 Å². The molecule has 4 atom stereocenters. The van der Waals surface area contributed by atoms with Crippen LogP contribution in [0.25, 0.3) is 0 Å². The maximum Gasteiger partial charge on any atom is 0.329 e. The van der Waals surface area contributed by atoms with Gasteiger partial charge in [-0.05, 0) is 50.8 Å². The van der Waals surface area contributed by atoms with Crippen LogP contribution in [0, 0.1) is 12.8 Å². The number of amides is 1. The van der Waals surface area contributed by atoms with Crippen LogP contribution in [0.15, 0.2) is 66.9 Å². The van der Waals surface area contributed by atoms with Gasteiger partial charge in [0.15, 0.2) is 11.4 Å². The zero-order valence-corrected chi connectivity index (χ0v) is 23.8. The van der Waals surface area contributed by atoms with Gasteiger partial charge in [0.05, 0.1) is 7.11 Å². The van der Waals surface area contributed by atoms with Gasteiger partial charge >= 0.3 is 11.9 Å². The van der Waals surface area contributed by atoms with Gasteiger partial charge < -0.3 is 24.3 Å². The lowest BCUT2D eigenvalue weighted by Gasteiger charge is -2.32. The highest BCUT2D eigenvalue weighted by molar-refractivity contribution is 5.98. The topological polar surface area (TPSA) is 113 Å². The van der Waals surface area contributed by atoms with Crippen LogP contribution in [-0.2, 0) is 20.7 Å². The Morgan fingerprint density at radius 3 is 2.46 bits per heavy atom. The molecular formula is C32H36N2O7. The van der Waals surface area contributed by atoms with E-state index in [1.165, 1.54) is 37.4 Å². The minimum atomic E-state index is -0.932. The van der Waals surface area contributed by atoms with Crippen LogP contribution in [0.1, 0.15) is 54.7 Å². The second-order valence-electron chi connectivity index (χ2n) is 10.2. The first-order chi connectivity index (χ1) is 19.7. The number of aryl methyl sites for hydroxylation is 1. The predicted octanol–water partition coefficient (Wildman–Crippen LogP) is 4.84. The third-order valence-electron chi connectivity index (χ3n) is 7.07. The van der Waals surface area contributed by atoms with Gasteiger partial charge in [0.1, 0.15) is 24.0 Å². The molecule has 1 aliphatic rings. The van der Waals surface area contributed by atoms with Crippen LogP contribution in [0.5, 0.6) is 17.2 Å². The zero-order valence-electron chi connectivity index (χ0n) is 23.8. The molecular weight excluding hydrogens is 524 g/mol. The number of cyclic esters (lactones) is 1. The molecule has 0 saturated carbocycles. The molecule has 0 spiro atoms. The van der Waals surface area contributed by atoms with E-state index in [1.54, 1.807) is 0 Å². The molecule has 1 aliphatic heterocycles. The highest BCUT2D eigenvalue weighted by Gasteiger charge is 2.36. The van der Waals surface area contributed by atoms with Gasteiger partial charge in [0.2, 0.25) is 5.75 Å². The van der Waals surface area contributed by atoms with Gasteiger partial charge in [-0.25, -0.2) is 9.78 Å². The van der Waals surface area contributed by atoms with Crippen molar-refractivity contribution in [3.05, 3.63) is 83.7 Å². The predicted molar refractivity (Wildman–Crippen MR) is 152 cm³/mol. The number of pyridine rings is 1. The normalized spacial score (nSPS) is 20.9. The number of nitrogens with one attached hydrogen (secondary N) is 1. The minimum Gasteiger partial charge on any atom is -0.493 e. The van der Waals surface area contributed by atoms with Crippen molar-refractivity contribution in [3.8, 4) is 17.2 Å². The second-order valence-corrected chi connectivity index (χ2v) is 10.2. The Morgan fingerprint density at radius 1 is 1.05 bits per heavy atom. The summed E-state index contributed by atoms with van der Waals surface area (Å²) >= 11 is 0. The largest absolute Gasteiger partial charge is 0.493 e. The number of para-hydroxylation sites is 1. The molecule has 3 aromatic rings. The lowest BCUT2D eigenvalue weighted by molar-refractivity contribution is -0.156. The zero-order chi connectivity index (χ0) is 29.4. The highest BCUT2D eigenvalue weighted by Crippen LogP contribution is 2.31. The first-order valence-corrected chi connectivity index (χ1v) is 13.7. The molecule has 1 aromatic heterocycles. The van der Waals surface area contributed by atoms with E-state index < -0.39 is 36.1 Å². The smallest absolute Gasteiger partial charge is 0.329 e. The maximum atomic E-state index is 13.4. The summed E-state index contributed by atoms with van der Waals surface area (Å²) in [6.07, 6.45) is 2.85. The van der Waals surface area contributed by atoms with Gasteiger partial charge in [-0.2, -0.15) is 0 Å². The number of carbonyl (C=O) groups is 3. The summed E-state index contributed by atoms with van der Waals surface area (Å²) in [6, 6.07) is 18.4. The van der Waals surface area contributed by atoms with E-state index in [0.29, 0.717) is 18.6 Å². The average Bonchev–Trinajstić information content (AvgIpc) is 3.00. The molecule has 216 valence electrons. The van der Waals surface area contributed by atoms with E-state index in [2.05, 4.69) is 41.5 Å². The van der Waals surface area contributed by atoms with E-state index in [9.17, 15) is 14.4 Å². The first kappa shape index (κ1) is 29.6. The van der Waals surface area contributed by atoms with E-state index in [4.69, 9.17) is 18.9 Å². The molecule has 4 unspecified atom stereocenters. The molecule has 0 aliphatic carbocycles. The fourth-order valence-electron chi connectivity index (χ4n) is 5.03. The average molecular weight is 561 g/mol. The molecule has 2 heterocycles. The number of aromatic nitrogens is 1. The fraction of sp³-hybridized carbons (Fsp3) is 0.375. The molecule has 0 radical (unpaired) electrons. The van der Waals surface area contributed by atoms with Crippen molar-refractivity contribution in [1.82, 2.24) is 10.3 Å². The Balaban J connectivity index is 1.57. The van der Waals surface area contributed by atoms with Gasteiger partial charge in [-0.3, -0.25) is 9.59 Å². The molecule has 41 heavy (non-hydrogen) atoms. The van der Waals surface area contributed by atoms with Crippen molar-refractivity contribution in [1.29, 1.82) is 0 Å². The lowest BCUT2D eigenvalue weighted by Crippen LogP contribution is -2.45. The number of benzene rings is 2. The number of rotatable bonds is 8. The Morgan fingerprint density at radius 2 is 1.78 bits per heavy atom. The number of carbonyl (C=O) groups excluding carboxylic acids is 3. The first-order valence-electron chi connectivity index (χ1n) is 13.7. The van der Waals surface area contributed by atoms with Gasteiger partial charge in [-0.1, -0.05) is 54.4 Å². The van der Waals surface area contributed by atoms with Gasteiger partial charge in [0.25, 0.3) is 5.91 Å². The molecule has 1 amide bonds. The molecule has 1 saturated heterocycles. The number of hydrogen-bond acceptors (Lipinski definition) is 8. The van der Waals surface area contributed by atoms with Crippen molar-refractivity contribution < 1.29 is 33.3 Å². The molecule has 1 fully saturated rings. The summed E-state index contributed by atoms with van der Waals surface area (Å²) in [4.78, 5) is 42.4. The summed E-state index contributed by atoms with van der Waals surface area (Å²) in [5, 5.41) is 2.74. The molecule has 4 rings (SSSR count). The van der Waals surface area contributed by atoms with Crippen molar-refractivity contribution in [3.63, 3.8) is 0 Å². The molecule has 9 nitrogen and oxygen atoms in total. The van der Waals surface area contributed by atoms with Gasteiger partial charge in [0, 0.05) is 25.1 Å². The van der Waals surface area contributed by atoms with Crippen LogP contribution in [-0.4, -0.2) is 48.2 Å². The van der Waals surface area contributed by atoms with E-state index >= 15 is 0 Å². The van der Waals surface area contributed by atoms with Crippen molar-refractivity contribution in [2.75, 3.05) is 7.11 Å². The maximum absolute atomic E-state index is 13.4. The van der Waals surface area contributed by atoms with E-state index in [0.717, 1.165) is 12.8 Å². The third kappa shape index (κ3) is 7.84. The van der Waals surface area contributed by atoms with Crippen LogP contribution >= 0.6 is 0 Å². The number of ether oxygens (including phenoxy) is 4. The summed E-state index contributed by atoms with van der Waals surface area (Å²) in [7, 11) is 1.39. The lowest BCUT2D eigenvalue weighted by atomic mass is 9.86. The van der Waals surface area contributed by atoms with Crippen LogP contribution < -0.4 is 19.5 Å². The molecule has 0 bridgehead atoms. The Bertz CT molecular complexity index is 1340. The number of methoxy groups -OCH3 is 1. The Kier molecular flexibility index (Phi) is 9.95. The fourth-order valence-corrected chi connectivity index (χ4v) is 5.03. The minimum absolute atomic E-state index is 0.0470. The highest BCUT2D eigenvalue weighted by atomic mass is 16.6. The van der Waals surface area contributed by atoms with E-state index in [1.807, 2.05) is 37.3 Å². The number of hydrogen-bond donors (Lipinski definition) is 1. The molecule has 9 heteroatoms.